The van der Waals surface area contributed by atoms with Crippen molar-refractivity contribution in [1.82, 2.24) is 29.1 Å². The molecular weight excluding hydrogens is 606 g/mol. The molecule has 5 aromatic rings. The molecule has 3 heterocycles. The van der Waals surface area contributed by atoms with Crippen molar-refractivity contribution in [2.24, 2.45) is 0 Å². The summed E-state index contributed by atoms with van der Waals surface area (Å²) in [5.41, 5.74) is 1.65. The fourth-order valence-corrected chi connectivity index (χ4v) is 6.70. The molecular formula is C31H26F2N6O5S. The van der Waals surface area contributed by atoms with E-state index in [2.05, 4.69) is 15.3 Å². The molecule has 230 valence electrons. The van der Waals surface area contributed by atoms with Crippen LogP contribution in [-0.4, -0.2) is 65.0 Å². The Morgan fingerprint density at radius 2 is 1.62 bits per heavy atom. The van der Waals surface area contributed by atoms with Gasteiger partial charge in [0.1, 0.15) is 23.8 Å². The van der Waals surface area contributed by atoms with Crippen molar-refractivity contribution >= 4 is 27.3 Å². The van der Waals surface area contributed by atoms with Gasteiger partial charge < -0.3 is 10.1 Å². The molecule has 1 amide bonds. The summed E-state index contributed by atoms with van der Waals surface area (Å²) in [6.45, 7) is 1.02. The quantitative estimate of drug-likeness (QED) is 0.245. The highest BCUT2D eigenvalue weighted by molar-refractivity contribution is 7.89. The average molecular weight is 633 g/mol. The first-order chi connectivity index (χ1) is 21.7. The Morgan fingerprint density at radius 3 is 2.29 bits per heavy atom. The minimum absolute atomic E-state index is 0.0315. The molecule has 6 rings (SSSR count). The first kappa shape index (κ1) is 30.1. The molecule has 0 spiro atoms. The van der Waals surface area contributed by atoms with E-state index in [-0.39, 0.29) is 60.1 Å². The number of ether oxygens (including phenoxy) is 1. The van der Waals surface area contributed by atoms with Crippen LogP contribution in [-0.2, 0) is 26.0 Å². The van der Waals surface area contributed by atoms with Crippen molar-refractivity contribution in [3.8, 4) is 16.8 Å². The minimum Gasteiger partial charge on any atom is -0.379 e. The zero-order chi connectivity index (χ0) is 31.6. The number of benzene rings is 3. The number of hydrogen-bond donors (Lipinski definition) is 1. The van der Waals surface area contributed by atoms with Gasteiger partial charge in [-0.25, -0.2) is 32.2 Å². The zero-order valence-corrected chi connectivity index (χ0v) is 24.5. The Bertz CT molecular complexity index is 2020. The van der Waals surface area contributed by atoms with Crippen LogP contribution in [0.5, 0.6) is 0 Å². The molecule has 0 aliphatic carbocycles. The molecule has 0 saturated carbocycles. The van der Waals surface area contributed by atoms with Gasteiger partial charge in [-0.2, -0.15) is 4.31 Å². The molecule has 11 nitrogen and oxygen atoms in total. The summed E-state index contributed by atoms with van der Waals surface area (Å²) in [4.78, 5) is 38.8. The highest BCUT2D eigenvalue weighted by Gasteiger charge is 2.27. The topological polar surface area (TPSA) is 136 Å². The number of rotatable bonds is 9. The van der Waals surface area contributed by atoms with Crippen LogP contribution in [0.4, 0.5) is 8.78 Å². The normalized spacial score (nSPS) is 14.7. The smallest absolute Gasteiger partial charge is 0.266 e. The summed E-state index contributed by atoms with van der Waals surface area (Å²) in [6, 6.07) is 12.7. The number of fused-ring (bicyclic) bond motifs is 1. The number of nitrogens with one attached hydrogen (secondary N) is 1. The SMILES string of the molecule is O=CNC(Cc1cc(F)cc(F)c1)c1nc2cc(-c3cncnc3)ccc2c(=O)n1-c1ccc(S(=O)(=O)N2CCOCC2)cc1. The lowest BCUT2D eigenvalue weighted by Gasteiger charge is -2.26. The zero-order valence-electron chi connectivity index (χ0n) is 23.6. The predicted molar refractivity (Wildman–Crippen MR) is 160 cm³/mol. The van der Waals surface area contributed by atoms with Gasteiger partial charge in [0.2, 0.25) is 16.4 Å². The maximum Gasteiger partial charge on any atom is 0.266 e. The van der Waals surface area contributed by atoms with Crippen LogP contribution < -0.4 is 10.9 Å². The number of morpholine rings is 1. The van der Waals surface area contributed by atoms with Crippen molar-refractivity contribution in [2.75, 3.05) is 26.3 Å². The average Bonchev–Trinajstić information content (AvgIpc) is 3.05. The fraction of sp³-hybridized carbons (Fsp3) is 0.194. The van der Waals surface area contributed by atoms with Gasteiger partial charge in [-0.05, 0) is 59.7 Å². The maximum absolute atomic E-state index is 14.1. The second-order valence-corrected chi connectivity index (χ2v) is 12.2. The van der Waals surface area contributed by atoms with Crippen LogP contribution in [0, 0.1) is 11.6 Å². The van der Waals surface area contributed by atoms with Gasteiger partial charge in [-0.15, -0.1) is 0 Å². The molecule has 1 aliphatic heterocycles. The summed E-state index contributed by atoms with van der Waals surface area (Å²) >= 11 is 0. The van der Waals surface area contributed by atoms with Crippen LogP contribution in [0.3, 0.4) is 0 Å². The third-order valence-electron chi connectivity index (χ3n) is 7.44. The Balaban J connectivity index is 1.51. The van der Waals surface area contributed by atoms with Crippen molar-refractivity contribution < 1.29 is 26.7 Å². The van der Waals surface area contributed by atoms with Crippen LogP contribution in [0.2, 0.25) is 0 Å². The number of carbonyl (C=O) groups excluding carboxylic acids is 1. The summed E-state index contributed by atoms with van der Waals surface area (Å²) in [6.07, 6.45) is 4.91. The van der Waals surface area contributed by atoms with Gasteiger partial charge >= 0.3 is 0 Å². The first-order valence-corrected chi connectivity index (χ1v) is 15.3. The summed E-state index contributed by atoms with van der Waals surface area (Å²) < 4.78 is 62.5. The molecule has 1 N–H and O–H groups in total. The molecule has 1 fully saturated rings. The predicted octanol–water partition coefficient (Wildman–Crippen LogP) is 3.17. The van der Waals surface area contributed by atoms with Gasteiger partial charge in [0, 0.05) is 43.5 Å². The van der Waals surface area contributed by atoms with E-state index < -0.39 is 33.3 Å². The minimum atomic E-state index is -3.81. The Hall–Kier alpha value is -4.92. The molecule has 1 atom stereocenters. The number of carbonyl (C=O) groups is 1. The van der Waals surface area contributed by atoms with Gasteiger partial charge in [0.25, 0.3) is 5.56 Å². The Labute approximate surface area is 256 Å². The van der Waals surface area contributed by atoms with Crippen molar-refractivity contribution in [1.29, 1.82) is 0 Å². The van der Waals surface area contributed by atoms with E-state index in [0.29, 0.717) is 23.1 Å². The fourth-order valence-electron chi connectivity index (χ4n) is 5.29. The largest absolute Gasteiger partial charge is 0.379 e. The van der Waals surface area contributed by atoms with Crippen LogP contribution in [0.1, 0.15) is 17.4 Å². The standard InChI is InChI=1S/C31H26F2N6O5S/c32-23-11-20(12-24(33)15-23)13-29(36-19-40)30-37-28-14-21(22-16-34-18-35-17-22)1-6-27(28)31(41)39(30)25-2-4-26(5-3-25)45(42,43)38-7-9-44-10-8-38/h1-6,11-12,14-19,29H,7-10,13H2,(H,36,40). The molecule has 14 heteroatoms. The van der Waals surface area contributed by atoms with E-state index in [0.717, 1.165) is 18.2 Å². The maximum atomic E-state index is 14.1. The van der Waals surface area contributed by atoms with Crippen molar-refractivity contribution in [3.05, 3.63) is 113 Å². The molecule has 1 saturated heterocycles. The highest BCUT2D eigenvalue weighted by Crippen LogP contribution is 2.26. The van der Waals surface area contributed by atoms with Gasteiger partial charge in [-0.1, -0.05) is 6.07 Å². The van der Waals surface area contributed by atoms with Crippen molar-refractivity contribution in [2.45, 2.75) is 17.4 Å². The van der Waals surface area contributed by atoms with Gasteiger partial charge in [-0.3, -0.25) is 14.2 Å². The number of aromatic nitrogens is 4. The monoisotopic (exact) mass is 632 g/mol. The lowest BCUT2D eigenvalue weighted by molar-refractivity contribution is -0.110. The van der Waals surface area contributed by atoms with Gasteiger partial charge in [0.15, 0.2) is 0 Å². The third-order valence-corrected chi connectivity index (χ3v) is 9.35. The Morgan fingerprint density at radius 1 is 0.933 bits per heavy atom. The molecule has 1 aliphatic rings. The summed E-state index contributed by atoms with van der Waals surface area (Å²) in [5, 5.41) is 2.87. The number of amides is 1. The van der Waals surface area contributed by atoms with E-state index in [9.17, 15) is 26.8 Å². The lowest BCUT2D eigenvalue weighted by atomic mass is 10.0. The highest BCUT2D eigenvalue weighted by atomic mass is 32.2. The molecule has 3 aromatic carbocycles. The van der Waals surface area contributed by atoms with E-state index in [1.165, 1.54) is 39.5 Å². The second kappa shape index (κ2) is 12.6. The summed E-state index contributed by atoms with van der Waals surface area (Å²) in [7, 11) is -3.81. The summed E-state index contributed by atoms with van der Waals surface area (Å²) in [5.74, 6) is -1.54. The van der Waals surface area contributed by atoms with E-state index in [1.54, 1.807) is 30.6 Å². The van der Waals surface area contributed by atoms with E-state index in [4.69, 9.17) is 9.72 Å². The van der Waals surface area contributed by atoms with Crippen LogP contribution in [0.15, 0.2) is 89.1 Å². The number of hydrogen-bond acceptors (Lipinski definition) is 8. The second-order valence-electron chi connectivity index (χ2n) is 10.3. The molecule has 1 unspecified atom stereocenters. The third kappa shape index (κ3) is 6.20. The molecule has 45 heavy (non-hydrogen) atoms. The lowest BCUT2D eigenvalue weighted by Crippen LogP contribution is -2.40. The van der Waals surface area contributed by atoms with E-state index >= 15 is 0 Å². The molecule has 2 aromatic heterocycles. The number of halogens is 2. The Kier molecular flexibility index (Phi) is 8.43. The first-order valence-electron chi connectivity index (χ1n) is 13.9. The van der Waals surface area contributed by atoms with Gasteiger partial charge in [0.05, 0.1) is 40.7 Å². The number of sulfonamides is 1. The van der Waals surface area contributed by atoms with Crippen LogP contribution in [0.25, 0.3) is 27.7 Å². The van der Waals surface area contributed by atoms with Crippen LogP contribution >= 0.6 is 0 Å². The molecule has 0 bridgehead atoms. The number of nitrogens with zero attached hydrogens (tertiary/aromatic N) is 5. The molecule has 0 radical (unpaired) electrons. The van der Waals surface area contributed by atoms with Crippen molar-refractivity contribution in [3.63, 3.8) is 0 Å². The van der Waals surface area contributed by atoms with E-state index in [1.807, 2.05) is 0 Å².